The highest BCUT2D eigenvalue weighted by molar-refractivity contribution is 5.71. The van der Waals surface area contributed by atoms with Crippen LogP contribution in [-0.2, 0) is 0 Å². The molecule has 1 saturated heterocycles. The molecule has 1 aromatic rings. The van der Waals surface area contributed by atoms with Gasteiger partial charge < -0.3 is 15.0 Å². The predicted octanol–water partition coefficient (Wildman–Crippen LogP) is 0.870. The Morgan fingerprint density at radius 1 is 1.45 bits per heavy atom. The van der Waals surface area contributed by atoms with Crippen LogP contribution in [0.3, 0.4) is 0 Å². The van der Waals surface area contributed by atoms with Gasteiger partial charge in [-0.3, -0.25) is 10.1 Å². The molecule has 8 heteroatoms. The average Bonchev–Trinajstić information content (AvgIpc) is 2.48. The fraction of sp³-hybridized carbons (Fsp3) is 0.333. The molecule has 104 valence electrons. The Morgan fingerprint density at radius 2 is 2.15 bits per heavy atom. The van der Waals surface area contributed by atoms with Crippen LogP contribution in [0, 0.1) is 21.4 Å². The maximum absolute atomic E-state index is 11.8. The summed E-state index contributed by atoms with van der Waals surface area (Å²) in [5.74, 6) is 0.0548. The minimum atomic E-state index is -0.680. The molecule has 0 atom stereocenters. The second kappa shape index (κ2) is 5.99. The fourth-order valence-corrected chi connectivity index (χ4v) is 1.83. The molecule has 20 heavy (non-hydrogen) atoms. The van der Waals surface area contributed by atoms with Crippen molar-refractivity contribution >= 4 is 11.8 Å². The third-order valence-corrected chi connectivity index (χ3v) is 2.87. The number of ether oxygens (including phenoxy) is 1. The molecule has 1 aromatic carbocycles. The number of hydrogen-bond donors (Lipinski definition) is 1. The van der Waals surface area contributed by atoms with Gasteiger partial charge in [0.15, 0.2) is 0 Å². The number of carbonyl (C=O) groups is 1. The minimum Gasteiger partial charge on any atom is -0.410 e. The zero-order chi connectivity index (χ0) is 14.5. The number of piperazine rings is 1. The molecule has 0 unspecified atom stereocenters. The molecule has 1 aliphatic rings. The Morgan fingerprint density at radius 3 is 2.75 bits per heavy atom. The third kappa shape index (κ3) is 3.02. The summed E-state index contributed by atoms with van der Waals surface area (Å²) in [5, 5.41) is 22.7. The summed E-state index contributed by atoms with van der Waals surface area (Å²) in [6, 6.07) is 5.43. The lowest BCUT2D eigenvalue weighted by Gasteiger charge is -2.26. The summed E-state index contributed by atoms with van der Waals surface area (Å²) in [7, 11) is 0. The molecule has 2 rings (SSSR count). The van der Waals surface area contributed by atoms with Crippen LogP contribution in [0.4, 0.5) is 10.5 Å². The lowest BCUT2D eigenvalue weighted by molar-refractivity contribution is -0.385. The molecule has 0 aliphatic carbocycles. The number of hydrogen-bond acceptors (Lipinski definition) is 6. The van der Waals surface area contributed by atoms with Gasteiger partial charge in [0.2, 0.25) is 0 Å². The Hall–Kier alpha value is -2.66. The molecular weight excluding hydrogens is 264 g/mol. The van der Waals surface area contributed by atoms with E-state index in [1.807, 2.05) is 0 Å². The van der Waals surface area contributed by atoms with E-state index in [0.29, 0.717) is 26.2 Å². The van der Waals surface area contributed by atoms with Gasteiger partial charge in [0, 0.05) is 26.2 Å². The predicted molar refractivity (Wildman–Crippen MR) is 68.3 cm³/mol. The van der Waals surface area contributed by atoms with Crippen LogP contribution in [0.5, 0.6) is 5.75 Å². The number of nitrogens with one attached hydrogen (secondary N) is 1. The summed E-state index contributed by atoms with van der Waals surface area (Å²) in [6.45, 7) is 2.42. The number of nitriles is 1. The number of carbonyl (C=O) groups excluding carboxylic acids is 1. The zero-order valence-electron chi connectivity index (χ0n) is 10.5. The summed E-state index contributed by atoms with van der Waals surface area (Å²) in [4.78, 5) is 23.5. The SMILES string of the molecule is N#Cc1ccc(OC(=O)N2CCNCC2)cc1[N+](=O)[O-]. The Labute approximate surface area is 114 Å². The van der Waals surface area contributed by atoms with Crippen molar-refractivity contribution in [3.63, 3.8) is 0 Å². The van der Waals surface area contributed by atoms with Crippen molar-refractivity contribution < 1.29 is 14.5 Å². The highest BCUT2D eigenvalue weighted by Crippen LogP contribution is 2.24. The van der Waals surface area contributed by atoms with Gasteiger partial charge in [0.1, 0.15) is 17.4 Å². The van der Waals surface area contributed by atoms with Crippen molar-refractivity contribution in [2.75, 3.05) is 26.2 Å². The lowest BCUT2D eigenvalue weighted by Crippen LogP contribution is -2.47. The maximum atomic E-state index is 11.8. The van der Waals surface area contributed by atoms with Gasteiger partial charge in [-0.15, -0.1) is 0 Å². The summed E-state index contributed by atoms with van der Waals surface area (Å²) >= 11 is 0. The summed E-state index contributed by atoms with van der Waals surface area (Å²) in [5.41, 5.74) is -0.449. The number of nitro groups is 1. The van der Waals surface area contributed by atoms with E-state index in [4.69, 9.17) is 10.00 Å². The number of amides is 1. The average molecular weight is 276 g/mol. The van der Waals surface area contributed by atoms with E-state index in [1.165, 1.54) is 17.0 Å². The van der Waals surface area contributed by atoms with Gasteiger partial charge >= 0.3 is 6.09 Å². The van der Waals surface area contributed by atoms with Gasteiger partial charge in [-0.2, -0.15) is 5.26 Å². The fourth-order valence-electron chi connectivity index (χ4n) is 1.83. The first-order valence-corrected chi connectivity index (χ1v) is 5.98. The number of nitrogens with zero attached hydrogens (tertiary/aromatic N) is 3. The highest BCUT2D eigenvalue weighted by atomic mass is 16.6. The first-order chi connectivity index (χ1) is 9.61. The molecule has 1 aliphatic heterocycles. The van der Waals surface area contributed by atoms with Crippen molar-refractivity contribution in [2.45, 2.75) is 0 Å². The van der Waals surface area contributed by atoms with E-state index < -0.39 is 11.0 Å². The Kier molecular flexibility index (Phi) is 4.12. The van der Waals surface area contributed by atoms with Crippen LogP contribution in [0.15, 0.2) is 18.2 Å². The molecule has 8 nitrogen and oxygen atoms in total. The van der Waals surface area contributed by atoms with E-state index in [1.54, 1.807) is 6.07 Å². The second-order valence-corrected chi connectivity index (χ2v) is 4.15. The number of benzene rings is 1. The molecule has 1 amide bonds. The monoisotopic (exact) mass is 276 g/mol. The van der Waals surface area contributed by atoms with Crippen molar-refractivity contribution in [1.29, 1.82) is 5.26 Å². The van der Waals surface area contributed by atoms with E-state index in [-0.39, 0.29) is 17.0 Å². The smallest absolute Gasteiger partial charge is 0.410 e. The van der Waals surface area contributed by atoms with Gasteiger partial charge in [-0.05, 0) is 12.1 Å². The normalized spacial score (nSPS) is 14.4. The molecule has 0 radical (unpaired) electrons. The molecule has 0 bridgehead atoms. The van der Waals surface area contributed by atoms with Crippen LogP contribution in [0.2, 0.25) is 0 Å². The van der Waals surface area contributed by atoms with Gasteiger partial charge in [-0.1, -0.05) is 0 Å². The number of nitro benzene ring substituents is 1. The molecule has 1 N–H and O–H groups in total. The third-order valence-electron chi connectivity index (χ3n) is 2.87. The van der Waals surface area contributed by atoms with Crippen LogP contribution in [0.25, 0.3) is 0 Å². The summed E-state index contributed by atoms with van der Waals surface area (Å²) in [6.07, 6.45) is -0.550. The zero-order valence-corrected chi connectivity index (χ0v) is 10.5. The molecule has 0 saturated carbocycles. The molecular formula is C12H12N4O4. The Bertz CT molecular complexity index is 575. The van der Waals surface area contributed by atoms with Crippen LogP contribution < -0.4 is 10.1 Å². The van der Waals surface area contributed by atoms with E-state index in [2.05, 4.69) is 5.32 Å². The van der Waals surface area contributed by atoms with Crippen molar-refractivity contribution in [3.8, 4) is 11.8 Å². The highest BCUT2D eigenvalue weighted by Gasteiger charge is 2.20. The first-order valence-electron chi connectivity index (χ1n) is 5.98. The first kappa shape index (κ1) is 13.8. The minimum absolute atomic E-state index is 0.0548. The molecule has 1 heterocycles. The maximum Gasteiger partial charge on any atom is 0.415 e. The molecule has 0 aromatic heterocycles. The number of rotatable bonds is 2. The van der Waals surface area contributed by atoms with Gasteiger partial charge in [-0.25, -0.2) is 4.79 Å². The van der Waals surface area contributed by atoms with Gasteiger partial charge in [0.25, 0.3) is 5.69 Å². The van der Waals surface area contributed by atoms with E-state index >= 15 is 0 Å². The van der Waals surface area contributed by atoms with Crippen LogP contribution >= 0.6 is 0 Å². The van der Waals surface area contributed by atoms with E-state index in [0.717, 1.165) is 6.07 Å². The van der Waals surface area contributed by atoms with E-state index in [9.17, 15) is 14.9 Å². The van der Waals surface area contributed by atoms with Crippen molar-refractivity contribution in [1.82, 2.24) is 10.2 Å². The van der Waals surface area contributed by atoms with Crippen LogP contribution in [0.1, 0.15) is 5.56 Å². The Balaban J connectivity index is 2.13. The largest absolute Gasteiger partial charge is 0.415 e. The van der Waals surface area contributed by atoms with Gasteiger partial charge in [0.05, 0.1) is 11.0 Å². The standard InChI is InChI=1S/C12H12N4O4/c13-8-9-1-2-10(7-11(9)16(18)19)20-12(17)15-5-3-14-4-6-15/h1-2,7,14H,3-6H2. The van der Waals surface area contributed by atoms with Crippen LogP contribution in [-0.4, -0.2) is 42.1 Å². The molecule has 0 spiro atoms. The quantitative estimate of drug-likeness (QED) is 0.634. The molecule has 1 fully saturated rings. The van der Waals surface area contributed by atoms with Crippen molar-refractivity contribution in [3.05, 3.63) is 33.9 Å². The summed E-state index contributed by atoms with van der Waals surface area (Å²) < 4.78 is 5.09. The second-order valence-electron chi connectivity index (χ2n) is 4.15. The lowest BCUT2D eigenvalue weighted by atomic mass is 10.2. The topological polar surface area (TPSA) is 108 Å². The van der Waals surface area contributed by atoms with Crippen molar-refractivity contribution in [2.24, 2.45) is 0 Å².